The van der Waals surface area contributed by atoms with Gasteiger partial charge in [0.15, 0.2) is 0 Å². The van der Waals surface area contributed by atoms with E-state index < -0.39 is 28.4 Å². The Hall–Kier alpha value is -4.48. The lowest BCUT2D eigenvalue weighted by Gasteiger charge is -2.22. The smallest absolute Gasteiger partial charge is 0.288 e. The number of anilines is 1. The van der Waals surface area contributed by atoms with E-state index in [1.54, 1.807) is 37.3 Å². The molecule has 2 amide bonds. The Bertz CT molecular complexity index is 1760. The van der Waals surface area contributed by atoms with Crippen LogP contribution in [0.25, 0.3) is 11.3 Å². The summed E-state index contributed by atoms with van der Waals surface area (Å²) in [5.74, 6) is -3.44. The summed E-state index contributed by atoms with van der Waals surface area (Å²) in [5.41, 5.74) is 2.97. The zero-order chi connectivity index (χ0) is 33.5. The fraction of sp³-hybridized carbons (Fsp3) is 0.286. The molecule has 0 saturated heterocycles. The highest BCUT2D eigenvalue weighted by atomic mass is 32.2. The Morgan fingerprint density at radius 1 is 0.935 bits per heavy atom. The van der Waals surface area contributed by atoms with Crippen LogP contribution in [-0.4, -0.2) is 36.7 Å². The van der Waals surface area contributed by atoms with Crippen LogP contribution in [-0.2, 0) is 27.9 Å². The topological polar surface area (TPSA) is 120 Å². The van der Waals surface area contributed by atoms with Crippen LogP contribution in [0, 0.1) is 5.41 Å². The lowest BCUT2D eigenvalue weighted by molar-refractivity contribution is -0.577. The summed E-state index contributed by atoms with van der Waals surface area (Å²) in [6.45, 7) is 8.67. The molecular formula is C35H40F2N5O3S+. The van der Waals surface area contributed by atoms with Gasteiger partial charge >= 0.3 is 6.03 Å². The average molecular weight is 649 g/mol. The number of pyridine rings is 1. The molecule has 0 aliphatic heterocycles. The summed E-state index contributed by atoms with van der Waals surface area (Å²) < 4.78 is 58.4. The number of carbonyl (C=O) groups is 1. The molecule has 0 bridgehead atoms. The second kappa shape index (κ2) is 14.3. The second-order valence-electron chi connectivity index (χ2n) is 12.0. The van der Waals surface area contributed by atoms with E-state index in [1.165, 1.54) is 58.4 Å². The van der Waals surface area contributed by atoms with Crippen LogP contribution in [0.3, 0.4) is 0 Å². The molecule has 1 aromatic heterocycles. The van der Waals surface area contributed by atoms with Gasteiger partial charge in [0.25, 0.3) is 15.9 Å². The number of benzene rings is 3. The van der Waals surface area contributed by atoms with E-state index in [0.29, 0.717) is 17.8 Å². The van der Waals surface area contributed by atoms with Crippen LogP contribution in [0.1, 0.15) is 57.2 Å². The van der Waals surface area contributed by atoms with Gasteiger partial charge in [0.05, 0.1) is 22.5 Å². The number of nitrogens with one attached hydrogen (secondary N) is 2. The summed E-state index contributed by atoms with van der Waals surface area (Å²) in [4.78, 5) is 18.5. The zero-order valence-corrected chi connectivity index (χ0v) is 27.2. The molecule has 4 rings (SSSR count). The first-order chi connectivity index (χ1) is 21.7. The first-order valence-corrected chi connectivity index (χ1v) is 16.5. The quantitative estimate of drug-likeness (QED) is 0.121. The molecular weight excluding hydrogens is 608 g/mol. The third-order valence-corrected chi connectivity index (χ3v) is 8.96. The minimum Gasteiger partial charge on any atom is -0.288 e. The van der Waals surface area contributed by atoms with Gasteiger partial charge in [-0.1, -0.05) is 81.4 Å². The summed E-state index contributed by atoms with van der Waals surface area (Å²) in [6.07, 6.45) is 0.386. The lowest BCUT2D eigenvalue weighted by atomic mass is 9.87. The maximum absolute atomic E-state index is 15.4. The third kappa shape index (κ3) is 8.82. The molecule has 0 unspecified atom stereocenters. The van der Waals surface area contributed by atoms with Gasteiger partial charge in [0, 0.05) is 36.1 Å². The van der Waals surface area contributed by atoms with E-state index >= 15 is 8.78 Å². The van der Waals surface area contributed by atoms with Gasteiger partial charge < -0.3 is 0 Å². The number of amides is 2. The molecule has 0 fully saturated rings. The van der Waals surface area contributed by atoms with E-state index in [0.717, 1.165) is 5.56 Å². The van der Waals surface area contributed by atoms with Gasteiger partial charge in [-0.3, -0.25) is 25.3 Å². The van der Waals surface area contributed by atoms with Crippen LogP contribution in [0.2, 0.25) is 0 Å². The molecule has 0 saturated carbocycles. The van der Waals surface area contributed by atoms with E-state index in [1.807, 2.05) is 24.3 Å². The number of aromatic nitrogens is 1. The van der Waals surface area contributed by atoms with Crippen LogP contribution < -0.4 is 10.0 Å². The number of urea groups is 1. The monoisotopic (exact) mass is 648 g/mol. The Morgan fingerprint density at radius 2 is 1.63 bits per heavy atom. The van der Waals surface area contributed by atoms with Crippen molar-refractivity contribution in [1.29, 1.82) is 5.41 Å². The normalized spacial score (nSPS) is 12.0. The largest absolute Gasteiger partial charge is 0.421 e. The van der Waals surface area contributed by atoms with Crippen molar-refractivity contribution in [3.05, 3.63) is 114 Å². The van der Waals surface area contributed by atoms with Crippen molar-refractivity contribution in [3.63, 3.8) is 0 Å². The van der Waals surface area contributed by atoms with Gasteiger partial charge in [-0.05, 0) is 48.2 Å². The van der Waals surface area contributed by atoms with Crippen molar-refractivity contribution in [2.75, 3.05) is 11.3 Å². The first kappa shape index (κ1) is 34.4. The summed E-state index contributed by atoms with van der Waals surface area (Å²) >= 11 is 0. The summed E-state index contributed by atoms with van der Waals surface area (Å²) in [7, 11) is -3.80. The minimum absolute atomic E-state index is 0.0196. The van der Waals surface area contributed by atoms with Gasteiger partial charge in [-0.15, -0.1) is 0 Å². The number of rotatable bonds is 11. The molecule has 11 heteroatoms. The fourth-order valence-electron chi connectivity index (χ4n) is 4.84. The zero-order valence-electron chi connectivity index (χ0n) is 26.4. The van der Waals surface area contributed by atoms with Gasteiger partial charge in [0.2, 0.25) is 0 Å². The van der Waals surface area contributed by atoms with Crippen LogP contribution in [0.5, 0.6) is 0 Å². The third-order valence-electron chi connectivity index (χ3n) is 7.57. The number of quaternary nitrogens is 1. The Balaban J connectivity index is 1.35. The molecule has 4 aromatic rings. The SMILES string of the molecule is CCN(C(=N)CCC(F)(F)c1cccc(-c2ccc(NS(=O)(=O)c3ccccc3)cn2)c1)C(=O)[NH2+]Cc1ccc(C(C)(C)C)cc1. The second-order valence-corrected chi connectivity index (χ2v) is 13.7. The molecule has 0 radical (unpaired) electrons. The standard InChI is InChI=1S/C35H39F2N5O3S/c1-5-42(33(43)40-23-25-14-16-27(17-15-25)34(2,3)4)32(38)20-21-35(36,37)28-11-9-10-26(22-28)31-19-18-29(24-39-31)41-46(44,45)30-12-7-6-8-13-30/h6-19,22,24,38,41H,5,20-21,23H2,1-4H3,(H,40,43)/p+1. The predicted octanol–water partition coefficient (Wildman–Crippen LogP) is 6.90. The number of nitrogens with two attached hydrogens (primary N) is 1. The van der Waals surface area contributed by atoms with Crippen molar-refractivity contribution >= 4 is 27.6 Å². The van der Waals surface area contributed by atoms with Crippen molar-refractivity contribution in [2.24, 2.45) is 0 Å². The molecule has 3 aromatic carbocycles. The number of halogens is 2. The van der Waals surface area contributed by atoms with Gasteiger partial charge in [-0.25, -0.2) is 22.0 Å². The highest BCUT2D eigenvalue weighted by Crippen LogP contribution is 2.35. The minimum atomic E-state index is -3.80. The van der Waals surface area contributed by atoms with E-state index in [-0.39, 0.29) is 40.4 Å². The lowest BCUT2D eigenvalue weighted by Crippen LogP contribution is -2.89. The van der Waals surface area contributed by atoms with Gasteiger partial charge in [0.1, 0.15) is 12.4 Å². The fourth-order valence-corrected chi connectivity index (χ4v) is 5.90. The van der Waals surface area contributed by atoms with E-state index in [2.05, 4.69) is 30.5 Å². The first-order valence-electron chi connectivity index (χ1n) is 15.0. The van der Waals surface area contributed by atoms with Crippen LogP contribution in [0.15, 0.2) is 102 Å². The Labute approximate surface area is 269 Å². The molecule has 0 atom stereocenters. The number of alkyl halides is 2. The molecule has 1 heterocycles. The summed E-state index contributed by atoms with van der Waals surface area (Å²) in [6, 6.07) is 24.4. The van der Waals surface area contributed by atoms with Crippen molar-refractivity contribution in [2.45, 2.75) is 63.3 Å². The average Bonchev–Trinajstić information content (AvgIpc) is 3.03. The van der Waals surface area contributed by atoms with Crippen LogP contribution >= 0.6 is 0 Å². The number of hydrogen-bond acceptors (Lipinski definition) is 5. The Kier molecular flexibility index (Phi) is 10.7. The number of sulfonamides is 1. The molecule has 0 spiro atoms. The summed E-state index contributed by atoms with van der Waals surface area (Å²) in [5, 5.41) is 9.89. The highest BCUT2D eigenvalue weighted by Gasteiger charge is 2.33. The highest BCUT2D eigenvalue weighted by molar-refractivity contribution is 7.92. The molecule has 0 aliphatic carbocycles. The van der Waals surface area contributed by atoms with E-state index in [4.69, 9.17) is 5.41 Å². The number of carbonyl (C=O) groups excluding carboxylic acids is 1. The van der Waals surface area contributed by atoms with Crippen molar-refractivity contribution in [3.8, 4) is 11.3 Å². The number of primary amides is 1. The molecule has 0 aliphatic rings. The van der Waals surface area contributed by atoms with Crippen molar-refractivity contribution < 1.29 is 27.3 Å². The molecule has 242 valence electrons. The molecule has 8 nitrogen and oxygen atoms in total. The Morgan fingerprint density at radius 3 is 2.24 bits per heavy atom. The molecule has 46 heavy (non-hydrogen) atoms. The molecule has 4 N–H and O–H groups in total. The number of nitrogens with zero attached hydrogens (tertiary/aromatic N) is 2. The van der Waals surface area contributed by atoms with Crippen LogP contribution in [0.4, 0.5) is 19.3 Å². The van der Waals surface area contributed by atoms with Gasteiger partial charge in [-0.2, -0.15) is 0 Å². The maximum Gasteiger partial charge on any atom is 0.421 e. The number of hydrogen-bond donors (Lipinski definition) is 3. The van der Waals surface area contributed by atoms with E-state index in [9.17, 15) is 13.2 Å². The maximum atomic E-state index is 15.4. The number of amidine groups is 1. The van der Waals surface area contributed by atoms with Crippen molar-refractivity contribution in [1.82, 2.24) is 9.88 Å². The predicted molar refractivity (Wildman–Crippen MR) is 176 cm³/mol.